The first-order valence-electron chi connectivity index (χ1n) is 25.8. The third-order valence-corrected chi connectivity index (χ3v) is 12.2. The average molecular weight is 912 g/mol. The number of carbonyl (C=O) groups excluding carboxylic acids is 2. The molecule has 2 amide bonds. The van der Waals surface area contributed by atoms with Crippen LogP contribution in [0.25, 0.3) is 10.9 Å². The maximum absolute atomic E-state index is 13.7. The third kappa shape index (κ3) is 27.4. The molecule has 3 rings (SSSR count). The minimum absolute atomic E-state index is 0. The highest BCUT2D eigenvalue weighted by molar-refractivity contribution is 5.92. The number of H-pyrrole nitrogens is 1. The number of rotatable bonds is 42. The van der Waals surface area contributed by atoms with Crippen LogP contribution in [-0.4, -0.2) is 61.9 Å². The Bertz CT molecular complexity index is 1550. The average Bonchev–Trinajstić information content (AvgIpc) is 3.69. The number of benzene rings is 2. The summed E-state index contributed by atoms with van der Waals surface area (Å²) in [4.78, 5) is 30.6. The Kier molecular flexibility index (Phi) is 34.8. The largest absolute Gasteiger partial charge is 0.489 e. The fourth-order valence-electron chi connectivity index (χ4n) is 8.27. The minimum Gasteiger partial charge on any atom is -0.489 e. The van der Waals surface area contributed by atoms with Crippen LogP contribution in [0.3, 0.4) is 0 Å². The second kappa shape index (κ2) is 39.1. The van der Waals surface area contributed by atoms with Crippen molar-refractivity contribution in [2.24, 2.45) is 5.73 Å². The van der Waals surface area contributed by atoms with Gasteiger partial charge >= 0.3 is 0 Å². The van der Waals surface area contributed by atoms with E-state index in [-0.39, 0.29) is 36.7 Å². The lowest BCUT2D eigenvalue weighted by atomic mass is 10.1. The van der Waals surface area contributed by atoms with Crippen molar-refractivity contribution in [2.75, 3.05) is 32.9 Å². The van der Waals surface area contributed by atoms with Gasteiger partial charge in [-0.25, -0.2) is 0 Å². The van der Waals surface area contributed by atoms with Gasteiger partial charge in [-0.05, 0) is 68.0 Å². The standard InChI is InChI=1S/C54H90N4O5.ClH/c1-3-5-7-9-11-13-15-17-19-21-23-30-38-61-45-49(62-39-31-24-22-20-18-16-14-12-10-8-6-4-2)43-57-54(60)52(34-28-29-37-55)58-53(59)40-47-42-56-51-36-35-48(41-50(47)51)63-44-46-32-26-25-27-33-46;/h25-27,32-33,35-36,41-42,49,52,56H,3-24,28-31,34,37-40,43-45,55H2,1-2H3,(H,57,60)(H,58,59);1H/t49?,52-;/m0./s1. The Balaban J connectivity index is 0.0000141. The molecule has 5 N–H and O–H groups in total. The number of amides is 2. The van der Waals surface area contributed by atoms with Gasteiger partial charge < -0.3 is 35.6 Å². The summed E-state index contributed by atoms with van der Waals surface area (Å²) >= 11 is 0. The number of aromatic nitrogens is 1. The van der Waals surface area contributed by atoms with E-state index in [2.05, 4.69) is 29.5 Å². The van der Waals surface area contributed by atoms with Crippen LogP contribution < -0.4 is 21.1 Å². The van der Waals surface area contributed by atoms with Gasteiger partial charge in [0.2, 0.25) is 11.8 Å². The van der Waals surface area contributed by atoms with E-state index in [1.807, 2.05) is 54.7 Å². The highest BCUT2D eigenvalue weighted by Gasteiger charge is 2.23. The molecule has 64 heavy (non-hydrogen) atoms. The molecule has 0 saturated carbocycles. The number of halogens is 1. The minimum atomic E-state index is -0.669. The highest BCUT2D eigenvalue weighted by Crippen LogP contribution is 2.25. The van der Waals surface area contributed by atoms with Crippen LogP contribution in [0.2, 0.25) is 0 Å². The van der Waals surface area contributed by atoms with Gasteiger partial charge in [0.15, 0.2) is 0 Å². The normalized spacial score (nSPS) is 12.2. The number of unbranched alkanes of at least 4 members (excludes halogenated alkanes) is 23. The van der Waals surface area contributed by atoms with E-state index in [9.17, 15) is 9.59 Å². The Morgan fingerprint density at radius 1 is 0.672 bits per heavy atom. The van der Waals surface area contributed by atoms with Gasteiger partial charge in [0.1, 0.15) is 18.4 Å². The molecule has 0 saturated heterocycles. The number of nitrogens with one attached hydrogen (secondary N) is 3. The van der Waals surface area contributed by atoms with E-state index in [0.29, 0.717) is 45.9 Å². The molecule has 0 aliphatic carbocycles. The Morgan fingerprint density at radius 2 is 1.23 bits per heavy atom. The van der Waals surface area contributed by atoms with Crippen LogP contribution >= 0.6 is 12.4 Å². The molecule has 0 spiro atoms. The van der Waals surface area contributed by atoms with Crippen LogP contribution in [0, 0.1) is 0 Å². The van der Waals surface area contributed by atoms with Gasteiger partial charge in [0.25, 0.3) is 0 Å². The predicted molar refractivity (Wildman–Crippen MR) is 271 cm³/mol. The van der Waals surface area contributed by atoms with Crippen molar-refractivity contribution >= 4 is 35.1 Å². The van der Waals surface area contributed by atoms with Crippen LogP contribution in [0.1, 0.15) is 198 Å². The lowest BCUT2D eigenvalue weighted by Gasteiger charge is -2.22. The second-order valence-electron chi connectivity index (χ2n) is 18.0. The molecule has 1 unspecified atom stereocenters. The van der Waals surface area contributed by atoms with Crippen molar-refractivity contribution in [1.82, 2.24) is 15.6 Å². The lowest BCUT2D eigenvalue weighted by molar-refractivity contribution is -0.129. The van der Waals surface area contributed by atoms with Crippen molar-refractivity contribution in [3.05, 3.63) is 65.9 Å². The van der Waals surface area contributed by atoms with Gasteiger partial charge in [-0.2, -0.15) is 0 Å². The van der Waals surface area contributed by atoms with Crippen molar-refractivity contribution < 1.29 is 23.8 Å². The van der Waals surface area contributed by atoms with E-state index < -0.39 is 6.04 Å². The van der Waals surface area contributed by atoms with Gasteiger partial charge in [0, 0.05) is 36.9 Å². The van der Waals surface area contributed by atoms with Crippen LogP contribution in [0.4, 0.5) is 0 Å². The summed E-state index contributed by atoms with van der Waals surface area (Å²) < 4.78 is 18.6. The summed E-state index contributed by atoms with van der Waals surface area (Å²) in [7, 11) is 0. The first kappa shape index (κ1) is 57.0. The van der Waals surface area contributed by atoms with Gasteiger partial charge in [-0.3, -0.25) is 9.59 Å². The van der Waals surface area contributed by atoms with Crippen molar-refractivity contribution in [2.45, 2.75) is 212 Å². The molecular formula is C54H91ClN4O5. The molecule has 0 aliphatic heterocycles. The van der Waals surface area contributed by atoms with Crippen LogP contribution in [0.5, 0.6) is 5.75 Å². The van der Waals surface area contributed by atoms with Gasteiger partial charge in [0.05, 0.1) is 19.1 Å². The third-order valence-electron chi connectivity index (χ3n) is 12.2. The molecule has 2 aromatic carbocycles. The van der Waals surface area contributed by atoms with Gasteiger partial charge in [-0.1, -0.05) is 185 Å². The van der Waals surface area contributed by atoms with Crippen LogP contribution in [-0.2, 0) is 32.1 Å². The Labute approximate surface area is 395 Å². The predicted octanol–water partition coefficient (Wildman–Crippen LogP) is 13.2. The summed E-state index contributed by atoms with van der Waals surface area (Å²) in [5.74, 6) is 0.334. The fourth-order valence-corrected chi connectivity index (χ4v) is 8.27. The lowest BCUT2D eigenvalue weighted by Crippen LogP contribution is -2.49. The first-order chi connectivity index (χ1) is 31.0. The number of ether oxygens (including phenoxy) is 3. The van der Waals surface area contributed by atoms with Crippen molar-refractivity contribution in [3.8, 4) is 5.75 Å². The Hall–Kier alpha value is -3.11. The molecule has 9 nitrogen and oxygen atoms in total. The van der Waals surface area contributed by atoms with Crippen molar-refractivity contribution in [1.29, 1.82) is 0 Å². The highest BCUT2D eigenvalue weighted by atomic mass is 35.5. The first-order valence-corrected chi connectivity index (χ1v) is 25.8. The zero-order chi connectivity index (χ0) is 44.8. The molecule has 0 fully saturated rings. The summed E-state index contributed by atoms with van der Waals surface area (Å²) in [5, 5.41) is 7.10. The number of aromatic amines is 1. The summed E-state index contributed by atoms with van der Waals surface area (Å²) in [6.45, 7) is 7.69. The number of fused-ring (bicyclic) bond motifs is 1. The molecule has 0 aliphatic rings. The maximum Gasteiger partial charge on any atom is 0.242 e. The monoisotopic (exact) mass is 911 g/mol. The maximum atomic E-state index is 13.7. The second-order valence-corrected chi connectivity index (χ2v) is 18.0. The molecule has 3 aromatic rings. The molecule has 2 atom stereocenters. The van der Waals surface area contributed by atoms with E-state index >= 15 is 0 Å². The quantitative estimate of drug-likeness (QED) is 0.0419. The fraction of sp³-hybridized carbons (Fsp3) is 0.704. The molecule has 0 radical (unpaired) electrons. The molecule has 1 heterocycles. The molecule has 364 valence electrons. The smallest absolute Gasteiger partial charge is 0.242 e. The molecule has 1 aromatic heterocycles. The zero-order valence-electron chi connectivity index (χ0n) is 40.4. The van der Waals surface area contributed by atoms with E-state index in [0.717, 1.165) is 59.9 Å². The topological polar surface area (TPSA) is 128 Å². The summed E-state index contributed by atoms with van der Waals surface area (Å²) in [6.07, 6.45) is 35.1. The Morgan fingerprint density at radius 3 is 1.81 bits per heavy atom. The SMILES string of the molecule is CCCCCCCCCCCCCCOCC(CNC(=O)[C@H](CCCCN)NC(=O)Cc1c[nH]c2ccc(OCc3ccccc3)cc12)OCCCCCCCCCCCCCC.Cl. The molecule has 10 heteroatoms. The van der Waals surface area contributed by atoms with Crippen LogP contribution in [0.15, 0.2) is 54.7 Å². The van der Waals surface area contributed by atoms with E-state index in [4.69, 9.17) is 19.9 Å². The van der Waals surface area contributed by atoms with Gasteiger partial charge in [-0.15, -0.1) is 12.4 Å². The summed E-state index contributed by atoms with van der Waals surface area (Å²) in [5.41, 5.74) is 8.69. The van der Waals surface area contributed by atoms with Crippen molar-refractivity contribution in [3.63, 3.8) is 0 Å². The number of hydrogen-bond acceptors (Lipinski definition) is 6. The number of nitrogens with two attached hydrogens (primary N) is 1. The van der Waals surface area contributed by atoms with E-state index in [1.165, 1.54) is 135 Å². The molecular weight excluding hydrogens is 820 g/mol. The number of carbonyl (C=O) groups is 2. The number of hydrogen-bond donors (Lipinski definition) is 4. The summed E-state index contributed by atoms with van der Waals surface area (Å²) in [6, 6.07) is 15.3. The van der Waals surface area contributed by atoms with E-state index in [1.54, 1.807) is 0 Å². The zero-order valence-corrected chi connectivity index (χ0v) is 41.2. The molecule has 0 bridgehead atoms.